The van der Waals surface area contributed by atoms with E-state index in [1.54, 1.807) is 39.8 Å². The minimum Gasteiger partial charge on any atom is -0.340 e. The quantitative estimate of drug-likeness (QED) is 0.520. The number of hydrogen-bond donors (Lipinski definition) is 4. The fourth-order valence-corrected chi connectivity index (χ4v) is 4.91. The Bertz CT molecular complexity index is 797. The second-order valence-corrected chi connectivity index (χ2v) is 8.32. The van der Waals surface area contributed by atoms with Gasteiger partial charge in [-0.1, -0.05) is 12.1 Å². The van der Waals surface area contributed by atoms with Crippen LogP contribution < -0.4 is 11.5 Å². The van der Waals surface area contributed by atoms with E-state index in [2.05, 4.69) is 4.98 Å². The average Bonchev–Trinajstić information content (AvgIpc) is 2.93. The molecule has 0 aliphatic carbocycles. The second kappa shape index (κ2) is 12.1. The molecule has 1 aromatic carbocycles. The fraction of sp³-hybridized carbons (Fsp3) is 0.412. The van der Waals surface area contributed by atoms with E-state index in [-0.39, 0.29) is 49.7 Å². The Labute approximate surface area is 190 Å². The number of benzene rings is 1. The molecule has 2 heterocycles. The van der Waals surface area contributed by atoms with Gasteiger partial charge in [-0.2, -0.15) is 0 Å². The van der Waals surface area contributed by atoms with Crippen molar-refractivity contribution in [1.29, 1.82) is 0 Å². The summed E-state index contributed by atoms with van der Waals surface area (Å²) in [7, 11) is -3.18. The van der Waals surface area contributed by atoms with Gasteiger partial charge in [0.15, 0.2) is 0 Å². The summed E-state index contributed by atoms with van der Waals surface area (Å²) in [6, 6.07) is 6.48. The van der Waals surface area contributed by atoms with Crippen LogP contribution >= 0.6 is 48.0 Å². The molecule has 8 nitrogen and oxygen atoms in total. The van der Waals surface area contributed by atoms with Crippen molar-refractivity contribution in [3.8, 4) is 0 Å². The Morgan fingerprint density at radius 1 is 1.14 bits per heavy atom. The maximum Gasteiger partial charge on any atom is 0.240 e. The summed E-state index contributed by atoms with van der Waals surface area (Å²) in [6.45, 7) is 1.84. The first kappa shape index (κ1) is 28.1. The number of amides is 1. The highest BCUT2D eigenvalue weighted by Crippen LogP contribution is 2.54. The molecule has 166 valence electrons. The molecular weight excluding hydrogens is 461 g/mol. The van der Waals surface area contributed by atoms with E-state index in [4.69, 9.17) is 11.5 Å². The third-order valence-corrected chi connectivity index (χ3v) is 6.66. The minimum absolute atomic E-state index is 0. The Kier molecular flexibility index (Phi) is 11.7. The lowest BCUT2D eigenvalue weighted by Crippen LogP contribution is -2.48. The third kappa shape index (κ3) is 6.06. The van der Waals surface area contributed by atoms with Crippen LogP contribution in [0.5, 0.6) is 0 Å². The lowest BCUT2D eigenvalue weighted by molar-refractivity contribution is -0.132. The zero-order valence-corrected chi connectivity index (χ0v) is 19.0. The zero-order chi connectivity index (χ0) is 18.7. The fourth-order valence-electron chi connectivity index (χ4n) is 3.17. The van der Waals surface area contributed by atoms with Crippen LogP contribution in [0.15, 0.2) is 41.6 Å². The smallest absolute Gasteiger partial charge is 0.240 e. The molecule has 0 bridgehead atoms. The van der Waals surface area contributed by atoms with E-state index < -0.39 is 16.8 Å². The number of hydrogen-bond acceptors (Lipinski definition) is 7. The topological polar surface area (TPSA) is 129 Å². The first-order valence-corrected chi connectivity index (χ1v) is 10.1. The molecule has 1 aromatic heterocycles. The van der Waals surface area contributed by atoms with Gasteiger partial charge in [0.25, 0.3) is 0 Å². The number of carbonyl (C=O) groups excluding carboxylic acids is 1. The number of nitrogens with two attached hydrogens (primary N) is 2. The van der Waals surface area contributed by atoms with Gasteiger partial charge in [0.05, 0.1) is 10.9 Å². The summed E-state index contributed by atoms with van der Waals surface area (Å²) in [5.41, 5.74) is 11.2. The van der Waals surface area contributed by atoms with Crippen molar-refractivity contribution in [2.24, 2.45) is 11.5 Å². The minimum atomic E-state index is -3.18. The highest BCUT2D eigenvalue weighted by atomic mass is 35.5. The Morgan fingerprint density at radius 3 is 2.55 bits per heavy atom. The highest BCUT2D eigenvalue weighted by molar-refractivity contribution is 8.22. The van der Waals surface area contributed by atoms with Crippen LogP contribution in [0.25, 0.3) is 10.8 Å². The first-order valence-electron chi connectivity index (χ1n) is 8.55. The van der Waals surface area contributed by atoms with Gasteiger partial charge in [0, 0.05) is 55.9 Å². The van der Waals surface area contributed by atoms with Gasteiger partial charge < -0.3 is 16.4 Å². The number of aromatic nitrogens is 1. The van der Waals surface area contributed by atoms with Gasteiger partial charge in [0.1, 0.15) is 0 Å². The van der Waals surface area contributed by atoms with Gasteiger partial charge in [-0.25, -0.2) is 4.31 Å². The van der Waals surface area contributed by atoms with Crippen molar-refractivity contribution in [3.05, 3.63) is 36.7 Å². The third-order valence-electron chi connectivity index (χ3n) is 4.63. The van der Waals surface area contributed by atoms with Gasteiger partial charge in [-0.3, -0.25) is 18.9 Å². The van der Waals surface area contributed by atoms with Gasteiger partial charge in [-0.05, 0) is 18.6 Å². The van der Waals surface area contributed by atoms with Crippen molar-refractivity contribution < 1.29 is 13.9 Å². The zero-order valence-electron chi connectivity index (χ0n) is 15.7. The number of pyridine rings is 1. The molecule has 3 rings (SSSR count). The van der Waals surface area contributed by atoms with Crippen LogP contribution in [-0.2, 0) is 4.79 Å². The number of fused-ring (bicyclic) bond motifs is 1. The number of carbonyl (C=O) groups is 1. The second-order valence-electron chi connectivity index (χ2n) is 6.32. The summed E-state index contributed by atoms with van der Waals surface area (Å²) in [6.07, 6.45) is 3.97. The molecule has 12 heteroatoms. The summed E-state index contributed by atoms with van der Waals surface area (Å²) >= 11 is 0. The highest BCUT2D eigenvalue weighted by Gasteiger charge is 2.30. The molecule has 0 saturated carbocycles. The summed E-state index contributed by atoms with van der Waals surface area (Å²) in [5.74, 6) is -0.193. The SMILES string of the molecule is Cl.Cl.Cl.NC[C@H](N)C(=O)N1CCCN(S(O)(O)c2cccc3cnccc23)CC1. The van der Waals surface area contributed by atoms with Crippen molar-refractivity contribution in [3.63, 3.8) is 0 Å². The van der Waals surface area contributed by atoms with Gasteiger partial charge in [0.2, 0.25) is 5.91 Å². The largest absolute Gasteiger partial charge is 0.340 e. The molecular formula is C17H28Cl3N5O3S. The van der Waals surface area contributed by atoms with E-state index in [9.17, 15) is 13.9 Å². The maximum absolute atomic E-state index is 12.3. The Balaban J connectivity index is 0.00000261. The van der Waals surface area contributed by atoms with E-state index in [0.717, 1.165) is 10.8 Å². The van der Waals surface area contributed by atoms with Gasteiger partial charge >= 0.3 is 0 Å². The van der Waals surface area contributed by atoms with Crippen LogP contribution in [0.2, 0.25) is 0 Å². The van der Waals surface area contributed by atoms with Crippen molar-refractivity contribution in [2.45, 2.75) is 17.4 Å². The predicted octanol–water partition coefficient (Wildman–Crippen LogP) is 2.35. The molecule has 0 unspecified atom stereocenters. The molecule has 6 N–H and O–H groups in total. The lowest BCUT2D eigenvalue weighted by atomic mass is 10.2. The predicted molar refractivity (Wildman–Crippen MR) is 124 cm³/mol. The molecule has 1 aliphatic rings. The number of rotatable bonds is 4. The summed E-state index contributed by atoms with van der Waals surface area (Å²) in [5, 5.41) is 1.62. The maximum atomic E-state index is 12.3. The molecule has 1 fully saturated rings. The molecule has 0 spiro atoms. The molecule has 1 aliphatic heterocycles. The van der Waals surface area contributed by atoms with E-state index in [1.807, 2.05) is 6.07 Å². The first-order chi connectivity index (χ1) is 12.4. The van der Waals surface area contributed by atoms with Crippen molar-refractivity contribution >= 4 is 64.7 Å². The summed E-state index contributed by atoms with van der Waals surface area (Å²) < 4.78 is 23.7. The molecule has 1 saturated heterocycles. The standard InChI is InChI=1S/C17H25N5O3S.3ClH/c18-11-15(19)17(23)21-7-2-8-22(10-9-21)26(24,25)16-4-1-3-13-12-20-6-5-14(13)16;;;/h1,3-6,12,15,24-25H,2,7-11,18-19H2;3*1H/t15-;;;/m0.../s1. The number of halogens is 3. The van der Waals surface area contributed by atoms with Crippen LogP contribution in [0.3, 0.4) is 0 Å². The van der Waals surface area contributed by atoms with Crippen molar-refractivity contribution in [1.82, 2.24) is 14.2 Å². The normalized spacial score (nSPS) is 16.6. The number of nitrogens with zero attached hydrogens (tertiary/aromatic N) is 3. The van der Waals surface area contributed by atoms with Gasteiger partial charge in [-0.15, -0.1) is 48.0 Å². The van der Waals surface area contributed by atoms with Crippen LogP contribution in [0, 0.1) is 0 Å². The molecule has 1 atom stereocenters. The molecule has 2 aromatic rings. The van der Waals surface area contributed by atoms with Crippen molar-refractivity contribution in [2.75, 3.05) is 32.7 Å². The molecule has 1 amide bonds. The Hall–Kier alpha value is -0.880. The molecule has 29 heavy (non-hydrogen) atoms. The molecule has 0 radical (unpaired) electrons. The van der Waals surface area contributed by atoms with Crippen LogP contribution in [0.4, 0.5) is 0 Å². The summed E-state index contributed by atoms with van der Waals surface area (Å²) in [4.78, 5) is 18.5. The van der Waals surface area contributed by atoms with E-state index in [0.29, 0.717) is 37.5 Å². The van der Waals surface area contributed by atoms with Crippen LogP contribution in [0.1, 0.15) is 6.42 Å². The van der Waals surface area contributed by atoms with E-state index >= 15 is 0 Å². The Morgan fingerprint density at radius 2 is 1.86 bits per heavy atom. The van der Waals surface area contributed by atoms with Crippen LogP contribution in [-0.4, -0.2) is 68.0 Å². The monoisotopic (exact) mass is 487 g/mol. The lowest BCUT2D eigenvalue weighted by Gasteiger charge is -2.43. The van der Waals surface area contributed by atoms with E-state index in [1.165, 1.54) is 0 Å². The average molecular weight is 489 g/mol.